The van der Waals surface area contributed by atoms with Gasteiger partial charge >= 0.3 is 0 Å². The molecule has 0 radical (unpaired) electrons. The molecule has 5 heteroatoms. The SMILES string of the molecule is Cc1cnc(-c2cnc(C)c(F)c2)c(F)c1F. The minimum Gasteiger partial charge on any atom is -0.258 e. The second-order valence-corrected chi connectivity index (χ2v) is 3.71. The van der Waals surface area contributed by atoms with Crippen molar-refractivity contribution in [1.82, 2.24) is 9.97 Å². The third kappa shape index (κ3) is 2.00. The molecule has 0 saturated carbocycles. The number of halogens is 3. The van der Waals surface area contributed by atoms with E-state index in [1.807, 2.05) is 0 Å². The summed E-state index contributed by atoms with van der Waals surface area (Å²) in [6, 6.07) is 1.09. The Balaban J connectivity index is 2.61. The molecule has 0 aliphatic carbocycles. The summed E-state index contributed by atoms with van der Waals surface area (Å²) >= 11 is 0. The van der Waals surface area contributed by atoms with Gasteiger partial charge in [-0.15, -0.1) is 0 Å². The van der Waals surface area contributed by atoms with Gasteiger partial charge in [0.1, 0.15) is 11.5 Å². The Kier molecular flexibility index (Phi) is 2.83. The van der Waals surface area contributed by atoms with Gasteiger partial charge in [-0.05, 0) is 19.9 Å². The minimum absolute atomic E-state index is 0.104. The maximum absolute atomic E-state index is 13.6. The third-order valence-electron chi connectivity index (χ3n) is 2.43. The van der Waals surface area contributed by atoms with E-state index in [1.54, 1.807) is 0 Å². The molecule has 2 aromatic rings. The van der Waals surface area contributed by atoms with Gasteiger partial charge in [0.15, 0.2) is 11.6 Å². The van der Waals surface area contributed by atoms with Crippen molar-refractivity contribution in [3.05, 3.63) is 47.2 Å². The second kappa shape index (κ2) is 4.16. The second-order valence-electron chi connectivity index (χ2n) is 3.71. The van der Waals surface area contributed by atoms with Crippen LogP contribution in [0.3, 0.4) is 0 Å². The van der Waals surface area contributed by atoms with E-state index in [0.29, 0.717) is 0 Å². The fourth-order valence-corrected chi connectivity index (χ4v) is 1.39. The number of rotatable bonds is 1. The van der Waals surface area contributed by atoms with E-state index >= 15 is 0 Å². The highest BCUT2D eigenvalue weighted by Crippen LogP contribution is 2.24. The number of nitrogens with zero attached hydrogens (tertiary/aromatic N) is 2. The van der Waals surface area contributed by atoms with Crippen molar-refractivity contribution in [2.45, 2.75) is 13.8 Å². The lowest BCUT2D eigenvalue weighted by Crippen LogP contribution is -1.98. The molecule has 0 atom stereocenters. The first kappa shape index (κ1) is 11.6. The molecule has 2 aromatic heterocycles. The van der Waals surface area contributed by atoms with Gasteiger partial charge < -0.3 is 0 Å². The molecule has 0 N–H and O–H groups in total. The maximum Gasteiger partial charge on any atom is 0.185 e. The fourth-order valence-electron chi connectivity index (χ4n) is 1.39. The van der Waals surface area contributed by atoms with Crippen LogP contribution in [-0.2, 0) is 0 Å². The van der Waals surface area contributed by atoms with Crippen LogP contribution in [0.1, 0.15) is 11.3 Å². The molecule has 2 heterocycles. The molecule has 0 aliphatic rings. The standard InChI is InChI=1S/C12H9F3N2/c1-6-4-17-12(11(15)10(6)14)8-3-9(13)7(2)16-5-8/h3-5H,1-2H3. The van der Waals surface area contributed by atoms with Gasteiger partial charge in [-0.1, -0.05) is 0 Å². The van der Waals surface area contributed by atoms with Crippen LogP contribution in [0.2, 0.25) is 0 Å². The van der Waals surface area contributed by atoms with Gasteiger partial charge in [-0.25, -0.2) is 13.2 Å². The van der Waals surface area contributed by atoms with Crippen molar-refractivity contribution in [2.24, 2.45) is 0 Å². The Hall–Kier alpha value is -1.91. The lowest BCUT2D eigenvalue weighted by Gasteiger charge is -2.05. The quantitative estimate of drug-likeness (QED) is 0.762. The highest BCUT2D eigenvalue weighted by Gasteiger charge is 2.15. The summed E-state index contributed by atoms with van der Waals surface area (Å²) in [6.07, 6.45) is 2.46. The predicted octanol–water partition coefficient (Wildman–Crippen LogP) is 3.18. The summed E-state index contributed by atoms with van der Waals surface area (Å²) in [5.41, 5.74) is 0.178. The Morgan fingerprint density at radius 1 is 0.941 bits per heavy atom. The van der Waals surface area contributed by atoms with Crippen LogP contribution in [-0.4, -0.2) is 9.97 Å². The summed E-state index contributed by atoms with van der Waals surface area (Å²) in [5, 5.41) is 0. The first-order valence-electron chi connectivity index (χ1n) is 4.94. The molecule has 17 heavy (non-hydrogen) atoms. The van der Waals surface area contributed by atoms with E-state index in [4.69, 9.17) is 0 Å². The smallest absolute Gasteiger partial charge is 0.185 e. The molecule has 0 aliphatic heterocycles. The van der Waals surface area contributed by atoms with Gasteiger partial charge in [-0.3, -0.25) is 9.97 Å². The zero-order valence-electron chi connectivity index (χ0n) is 9.26. The van der Waals surface area contributed by atoms with Gasteiger partial charge in [0.2, 0.25) is 0 Å². The van der Waals surface area contributed by atoms with E-state index in [9.17, 15) is 13.2 Å². The van der Waals surface area contributed by atoms with Gasteiger partial charge in [0.05, 0.1) is 5.69 Å². The lowest BCUT2D eigenvalue weighted by atomic mass is 10.1. The topological polar surface area (TPSA) is 25.8 Å². The predicted molar refractivity (Wildman–Crippen MR) is 56.8 cm³/mol. The zero-order chi connectivity index (χ0) is 12.6. The molecule has 88 valence electrons. The summed E-state index contributed by atoms with van der Waals surface area (Å²) in [4.78, 5) is 7.50. The van der Waals surface area contributed by atoms with E-state index in [0.717, 1.165) is 6.07 Å². The molecular weight excluding hydrogens is 229 g/mol. The molecule has 0 fully saturated rings. The molecule has 0 bridgehead atoms. The van der Waals surface area contributed by atoms with Crippen molar-refractivity contribution in [1.29, 1.82) is 0 Å². The Bertz CT molecular complexity index is 582. The van der Waals surface area contributed by atoms with Crippen LogP contribution >= 0.6 is 0 Å². The Labute approximate surface area is 96.2 Å². The minimum atomic E-state index is -1.09. The summed E-state index contributed by atoms with van der Waals surface area (Å²) in [6.45, 7) is 2.89. The number of aryl methyl sites for hydroxylation is 2. The summed E-state index contributed by atoms with van der Waals surface area (Å²) in [7, 11) is 0. The van der Waals surface area contributed by atoms with E-state index in [1.165, 1.54) is 26.2 Å². The van der Waals surface area contributed by atoms with Crippen molar-refractivity contribution >= 4 is 0 Å². The molecule has 0 amide bonds. The molecule has 0 spiro atoms. The largest absolute Gasteiger partial charge is 0.258 e. The normalized spacial score (nSPS) is 10.6. The van der Waals surface area contributed by atoms with Crippen LogP contribution in [0.4, 0.5) is 13.2 Å². The third-order valence-corrected chi connectivity index (χ3v) is 2.43. The van der Waals surface area contributed by atoms with Gasteiger partial charge in [0.25, 0.3) is 0 Å². The number of hydrogen-bond donors (Lipinski definition) is 0. The maximum atomic E-state index is 13.6. The van der Waals surface area contributed by atoms with Crippen LogP contribution in [0.5, 0.6) is 0 Å². The Morgan fingerprint density at radius 2 is 1.65 bits per heavy atom. The van der Waals surface area contributed by atoms with E-state index in [2.05, 4.69) is 9.97 Å². The van der Waals surface area contributed by atoms with Crippen molar-refractivity contribution in [3.8, 4) is 11.3 Å². The van der Waals surface area contributed by atoms with Crippen LogP contribution < -0.4 is 0 Å². The molecule has 0 unspecified atom stereocenters. The van der Waals surface area contributed by atoms with Crippen LogP contribution in [0.15, 0.2) is 18.5 Å². The van der Waals surface area contributed by atoms with E-state index < -0.39 is 17.5 Å². The molecular formula is C12H9F3N2. The van der Waals surface area contributed by atoms with Crippen LogP contribution in [0, 0.1) is 31.3 Å². The Morgan fingerprint density at radius 3 is 2.29 bits per heavy atom. The van der Waals surface area contributed by atoms with Crippen LogP contribution in [0.25, 0.3) is 11.3 Å². The van der Waals surface area contributed by atoms with Gasteiger partial charge in [0, 0.05) is 23.5 Å². The molecule has 0 saturated heterocycles. The number of pyridine rings is 2. The van der Waals surface area contributed by atoms with Crippen molar-refractivity contribution < 1.29 is 13.2 Å². The van der Waals surface area contributed by atoms with Crippen molar-refractivity contribution in [3.63, 3.8) is 0 Å². The van der Waals surface area contributed by atoms with Gasteiger partial charge in [-0.2, -0.15) is 0 Å². The summed E-state index contributed by atoms with van der Waals surface area (Å²) in [5.74, 6) is -2.64. The highest BCUT2D eigenvalue weighted by molar-refractivity contribution is 5.59. The average molecular weight is 238 g/mol. The zero-order valence-corrected chi connectivity index (χ0v) is 9.26. The average Bonchev–Trinajstić information content (AvgIpc) is 2.30. The monoisotopic (exact) mass is 238 g/mol. The fraction of sp³-hybridized carbons (Fsp3) is 0.167. The van der Waals surface area contributed by atoms with Crippen molar-refractivity contribution in [2.75, 3.05) is 0 Å². The summed E-state index contributed by atoms with van der Waals surface area (Å²) < 4.78 is 40.2. The molecule has 0 aromatic carbocycles. The highest BCUT2D eigenvalue weighted by atomic mass is 19.2. The molecule has 2 rings (SSSR count). The number of aromatic nitrogens is 2. The molecule has 2 nitrogen and oxygen atoms in total. The van der Waals surface area contributed by atoms with E-state index in [-0.39, 0.29) is 22.5 Å². The first-order valence-corrected chi connectivity index (χ1v) is 4.94. The first-order chi connectivity index (χ1) is 8.00. The lowest BCUT2D eigenvalue weighted by molar-refractivity contribution is 0.501. The number of hydrogen-bond acceptors (Lipinski definition) is 2.